The SMILES string of the molecule is Oc1cnc2cc3c(cc2c1)OCCCO3. The Bertz CT molecular complexity index is 539. The smallest absolute Gasteiger partial charge is 0.163 e. The average molecular weight is 217 g/mol. The monoisotopic (exact) mass is 217 g/mol. The molecule has 2 aromatic rings. The second-order valence-electron chi connectivity index (χ2n) is 3.74. The van der Waals surface area contributed by atoms with Gasteiger partial charge in [0.05, 0.1) is 24.9 Å². The summed E-state index contributed by atoms with van der Waals surface area (Å²) in [5.41, 5.74) is 0.794. The topological polar surface area (TPSA) is 51.6 Å². The molecule has 0 saturated heterocycles. The Hall–Kier alpha value is -1.97. The molecular formula is C12H11NO3. The third-order valence-electron chi connectivity index (χ3n) is 2.54. The Morgan fingerprint density at radius 1 is 1.06 bits per heavy atom. The number of benzene rings is 1. The molecule has 0 spiro atoms. The first-order valence-corrected chi connectivity index (χ1v) is 5.21. The summed E-state index contributed by atoms with van der Waals surface area (Å²) in [7, 11) is 0. The minimum Gasteiger partial charge on any atom is -0.506 e. The van der Waals surface area contributed by atoms with E-state index in [1.165, 1.54) is 6.20 Å². The minimum absolute atomic E-state index is 0.155. The van der Waals surface area contributed by atoms with Crippen LogP contribution in [0.25, 0.3) is 10.9 Å². The van der Waals surface area contributed by atoms with E-state index in [9.17, 15) is 5.11 Å². The van der Waals surface area contributed by atoms with E-state index in [0.717, 1.165) is 28.8 Å². The first-order valence-electron chi connectivity index (χ1n) is 5.21. The van der Waals surface area contributed by atoms with Crippen molar-refractivity contribution in [1.29, 1.82) is 0 Å². The van der Waals surface area contributed by atoms with Crippen LogP contribution in [0.15, 0.2) is 24.4 Å². The zero-order valence-corrected chi connectivity index (χ0v) is 8.64. The van der Waals surface area contributed by atoms with Gasteiger partial charge in [0.15, 0.2) is 11.5 Å². The molecule has 3 rings (SSSR count). The maximum atomic E-state index is 9.36. The Morgan fingerprint density at radius 3 is 2.62 bits per heavy atom. The van der Waals surface area contributed by atoms with Crippen LogP contribution in [0.4, 0.5) is 0 Å². The zero-order chi connectivity index (χ0) is 11.0. The van der Waals surface area contributed by atoms with Crippen molar-refractivity contribution in [2.24, 2.45) is 0 Å². The lowest BCUT2D eigenvalue weighted by Crippen LogP contribution is -1.97. The highest BCUT2D eigenvalue weighted by atomic mass is 16.5. The van der Waals surface area contributed by atoms with E-state index in [1.807, 2.05) is 12.1 Å². The van der Waals surface area contributed by atoms with Crippen molar-refractivity contribution in [1.82, 2.24) is 4.98 Å². The molecule has 0 radical (unpaired) electrons. The third kappa shape index (κ3) is 1.52. The Kier molecular flexibility index (Phi) is 2.06. The highest BCUT2D eigenvalue weighted by Crippen LogP contribution is 2.34. The average Bonchev–Trinajstić information content (AvgIpc) is 2.50. The highest BCUT2D eigenvalue weighted by molar-refractivity contribution is 5.83. The summed E-state index contributed by atoms with van der Waals surface area (Å²) in [6.45, 7) is 1.32. The zero-order valence-electron chi connectivity index (χ0n) is 8.64. The number of hydrogen-bond acceptors (Lipinski definition) is 4. The van der Waals surface area contributed by atoms with Gasteiger partial charge in [-0.1, -0.05) is 0 Å². The lowest BCUT2D eigenvalue weighted by molar-refractivity contribution is 0.297. The maximum Gasteiger partial charge on any atom is 0.163 e. The molecule has 82 valence electrons. The molecule has 1 N–H and O–H groups in total. The van der Waals surface area contributed by atoms with Gasteiger partial charge in [0.2, 0.25) is 0 Å². The quantitative estimate of drug-likeness (QED) is 0.734. The molecule has 0 aliphatic carbocycles. The van der Waals surface area contributed by atoms with E-state index in [1.54, 1.807) is 6.07 Å². The Morgan fingerprint density at radius 2 is 1.81 bits per heavy atom. The summed E-state index contributed by atoms with van der Waals surface area (Å²) in [5.74, 6) is 1.60. The molecule has 2 heterocycles. The molecule has 0 atom stereocenters. The summed E-state index contributed by atoms with van der Waals surface area (Å²) < 4.78 is 11.1. The number of nitrogens with zero attached hydrogens (tertiary/aromatic N) is 1. The lowest BCUT2D eigenvalue weighted by Gasteiger charge is -2.08. The van der Waals surface area contributed by atoms with Gasteiger partial charge in [-0.05, 0) is 12.1 Å². The molecule has 0 unspecified atom stereocenters. The summed E-state index contributed by atoms with van der Waals surface area (Å²) in [6, 6.07) is 5.36. The predicted molar refractivity (Wildman–Crippen MR) is 59.0 cm³/mol. The van der Waals surface area contributed by atoms with E-state index >= 15 is 0 Å². The summed E-state index contributed by atoms with van der Waals surface area (Å²) >= 11 is 0. The van der Waals surface area contributed by atoms with Crippen LogP contribution in [0.5, 0.6) is 17.2 Å². The number of fused-ring (bicyclic) bond motifs is 2. The van der Waals surface area contributed by atoms with Crippen LogP contribution in [-0.2, 0) is 0 Å². The third-order valence-corrected chi connectivity index (χ3v) is 2.54. The van der Waals surface area contributed by atoms with Crippen LogP contribution >= 0.6 is 0 Å². The van der Waals surface area contributed by atoms with Gasteiger partial charge in [-0.3, -0.25) is 4.98 Å². The number of rotatable bonds is 0. The molecule has 16 heavy (non-hydrogen) atoms. The van der Waals surface area contributed by atoms with Crippen LogP contribution in [0.3, 0.4) is 0 Å². The van der Waals surface area contributed by atoms with Crippen molar-refractivity contribution >= 4 is 10.9 Å². The van der Waals surface area contributed by atoms with Crippen molar-refractivity contribution < 1.29 is 14.6 Å². The van der Waals surface area contributed by atoms with E-state index < -0.39 is 0 Å². The molecule has 4 heteroatoms. The maximum absolute atomic E-state index is 9.36. The highest BCUT2D eigenvalue weighted by Gasteiger charge is 2.12. The van der Waals surface area contributed by atoms with Crippen molar-refractivity contribution in [2.75, 3.05) is 13.2 Å². The standard InChI is InChI=1S/C12H11NO3/c14-9-4-8-5-11-12(6-10(8)13-7-9)16-3-1-2-15-11/h4-7,14H,1-3H2. The number of hydrogen-bond donors (Lipinski definition) is 1. The fourth-order valence-corrected chi connectivity index (χ4v) is 1.77. The molecule has 1 aliphatic heterocycles. The number of aromatic hydroxyl groups is 1. The molecule has 0 amide bonds. The molecule has 4 nitrogen and oxygen atoms in total. The van der Waals surface area contributed by atoms with Crippen LogP contribution in [-0.4, -0.2) is 23.3 Å². The van der Waals surface area contributed by atoms with Gasteiger partial charge < -0.3 is 14.6 Å². The normalized spacial score (nSPS) is 14.8. The van der Waals surface area contributed by atoms with E-state index in [0.29, 0.717) is 13.2 Å². The summed E-state index contributed by atoms with van der Waals surface area (Å²) in [6.07, 6.45) is 2.30. The van der Waals surface area contributed by atoms with Crippen molar-refractivity contribution in [3.8, 4) is 17.2 Å². The van der Waals surface area contributed by atoms with Crippen LogP contribution in [0.1, 0.15) is 6.42 Å². The van der Waals surface area contributed by atoms with Gasteiger partial charge in [-0.25, -0.2) is 0 Å². The van der Waals surface area contributed by atoms with Crippen LogP contribution in [0.2, 0.25) is 0 Å². The predicted octanol–water partition coefficient (Wildman–Crippen LogP) is 2.10. The van der Waals surface area contributed by atoms with Gasteiger partial charge in [0.25, 0.3) is 0 Å². The van der Waals surface area contributed by atoms with Crippen LogP contribution in [0, 0.1) is 0 Å². The molecule has 0 bridgehead atoms. The molecule has 0 saturated carbocycles. The van der Waals surface area contributed by atoms with Crippen molar-refractivity contribution in [2.45, 2.75) is 6.42 Å². The molecule has 0 fully saturated rings. The minimum atomic E-state index is 0.155. The van der Waals surface area contributed by atoms with Crippen LogP contribution < -0.4 is 9.47 Å². The first kappa shape index (κ1) is 9.27. The number of aromatic nitrogens is 1. The summed E-state index contributed by atoms with van der Waals surface area (Å²) in [4.78, 5) is 4.13. The Balaban J connectivity index is 2.20. The molecule has 1 aliphatic rings. The van der Waals surface area contributed by atoms with Gasteiger partial charge in [0, 0.05) is 17.9 Å². The largest absolute Gasteiger partial charge is 0.506 e. The number of ether oxygens (including phenoxy) is 2. The van der Waals surface area contributed by atoms with E-state index in [-0.39, 0.29) is 5.75 Å². The molecule has 1 aromatic heterocycles. The van der Waals surface area contributed by atoms with Gasteiger partial charge >= 0.3 is 0 Å². The fourth-order valence-electron chi connectivity index (χ4n) is 1.77. The molecular weight excluding hydrogens is 206 g/mol. The van der Waals surface area contributed by atoms with Gasteiger partial charge in [0.1, 0.15) is 5.75 Å². The van der Waals surface area contributed by atoms with Crippen molar-refractivity contribution in [3.05, 3.63) is 24.4 Å². The lowest BCUT2D eigenvalue weighted by atomic mass is 10.2. The number of pyridine rings is 1. The first-order chi connectivity index (χ1) is 7.83. The fraction of sp³-hybridized carbons (Fsp3) is 0.250. The van der Waals surface area contributed by atoms with E-state index in [4.69, 9.17) is 9.47 Å². The Labute approximate surface area is 92.4 Å². The van der Waals surface area contributed by atoms with Crippen molar-refractivity contribution in [3.63, 3.8) is 0 Å². The molecule has 1 aromatic carbocycles. The second-order valence-corrected chi connectivity index (χ2v) is 3.74. The van der Waals surface area contributed by atoms with Gasteiger partial charge in [-0.15, -0.1) is 0 Å². The van der Waals surface area contributed by atoms with E-state index in [2.05, 4.69) is 4.98 Å². The summed E-state index contributed by atoms with van der Waals surface area (Å²) in [5, 5.41) is 10.2. The van der Waals surface area contributed by atoms with Gasteiger partial charge in [-0.2, -0.15) is 0 Å². The second kappa shape index (κ2) is 3.56.